The molecular formula is C10H8Se. The second kappa shape index (κ2) is 2.77. The minimum atomic E-state index is 1.07. The number of hydrogen-bond donors (Lipinski definition) is 0. The zero-order valence-corrected chi connectivity index (χ0v) is 7.79. The van der Waals surface area contributed by atoms with Crippen LogP contribution < -0.4 is 0 Å². The van der Waals surface area contributed by atoms with Crippen LogP contribution in [-0.4, -0.2) is 20.0 Å². The van der Waals surface area contributed by atoms with Crippen LogP contribution in [0.2, 0.25) is 0 Å². The Morgan fingerprint density at radius 2 is 2.00 bits per heavy atom. The molecule has 1 heteroatoms. The van der Waals surface area contributed by atoms with Crippen LogP contribution in [0.4, 0.5) is 0 Å². The van der Waals surface area contributed by atoms with E-state index in [0.29, 0.717) is 0 Å². The summed E-state index contributed by atoms with van der Waals surface area (Å²) in [5.41, 5.74) is 2.78. The van der Waals surface area contributed by atoms with Crippen molar-refractivity contribution in [3.05, 3.63) is 47.5 Å². The molecule has 0 saturated heterocycles. The van der Waals surface area contributed by atoms with Crippen molar-refractivity contribution in [2.24, 2.45) is 0 Å². The Bertz CT molecular complexity index is 323. The van der Waals surface area contributed by atoms with Crippen molar-refractivity contribution in [1.82, 2.24) is 0 Å². The Hall–Kier alpha value is -0.651. The Morgan fingerprint density at radius 1 is 1.18 bits per heavy atom. The van der Waals surface area contributed by atoms with Gasteiger partial charge in [-0.25, -0.2) is 0 Å². The molecule has 0 amide bonds. The summed E-state index contributed by atoms with van der Waals surface area (Å²) in [5.74, 6) is 0. The van der Waals surface area contributed by atoms with E-state index in [9.17, 15) is 0 Å². The molecule has 0 heterocycles. The third-order valence-electron chi connectivity index (χ3n) is 1.89. The van der Waals surface area contributed by atoms with Gasteiger partial charge in [0.05, 0.1) is 0 Å². The van der Waals surface area contributed by atoms with Gasteiger partial charge >= 0.3 is 74.0 Å². The van der Waals surface area contributed by atoms with Crippen LogP contribution in [0.3, 0.4) is 0 Å². The molecular weight excluding hydrogens is 199 g/mol. The summed E-state index contributed by atoms with van der Waals surface area (Å²) in [5, 5.41) is 0. The van der Waals surface area contributed by atoms with Crippen LogP contribution >= 0.6 is 0 Å². The van der Waals surface area contributed by atoms with Crippen LogP contribution in [-0.2, 0) is 6.42 Å². The van der Waals surface area contributed by atoms with E-state index < -0.39 is 0 Å². The van der Waals surface area contributed by atoms with Gasteiger partial charge in [0.15, 0.2) is 0 Å². The van der Waals surface area contributed by atoms with Crippen molar-refractivity contribution < 1.29 is 0 Å². The molecule has 0 spiro atoms. The number of hydrogen-bond acceptors (Lipinski definition) is 0. The van der Waals surface area contributed by atoms with Crippen molar-refractivity contribution in [3.8, 4) is 0 Å². The van der Waals surface area contributed by atoms with Crippen LogP contribution in [0.25, 0.3) is 0 Å². The number of rotatable bonds is 0. The summed E-state index contributed by atoms with van der Waals surface area (Å²) >= 11 is 3.06. The predicted molar refractivity (Wildman–Crippen MR) is 49.1 cm³/mol. The molecule has 11 heavy (non-hydrogen) atoms. The molecule has 0 aliphatic heterocycles. The van der Waals surface area contributed by atoms with Crippen molar-refractivity contribution >= 4 is 20.0 Å². The van der Waals surface area contributed by atoms with Gasteiger partial charge in [-0.15, -0.1) is 0 Å². The van der Waals surface area contributed by atoms with Gasteiger partial charge in [-0.05, 0) is 0 Å². The molecule has 1 aromatic carbocycles. The number of benzene rings is 1. The van der Waals surface area contributed by atoms with E-state index in [0.717, 1.165) is 6.42 Å². The van der Waals surface area contributed by atoms with E-state index >= 15 is 0 Å². The number of fused-ring (bicyclic) bond motifs is 1. The summed E-state index contributed by atoms with van der Waals surface area (Å²) in [6.45, 7) is 0. The predicted octanol–water partition coefficient (Wildman–Crippen LogP) is 1.49. The summed E-state index contributed by atoms with van der Waals surface area (Å²) in [6.07, 6.45) is 5.40. The fourth-order valence-corrected chi connectivity index (χ4v) is 1.94. The van der Waals surface area contributed by atoms with E-state index in [1.165, 1.54) is 15.5 Å². The molecule has 0 saturated carbocycles. The fraction of sp³-hybridized carbons (Fsp3) is 0.100. The monoisotopic (exact) mass is 208 g/mol. The average molecular weight is 207 g/mol. The van der Waals surface area contributed by atoms with Crippen molar-refractivity contribution in [1.29, 1.82) is 0 Å². The van der Waals surface area contributed by atoms with Gasteiger partial charge < -0.3 is 0 Å². The molecule has 0 unspecified atom stereocenters. The van der Waals surface area contributed by atoms with E-state index in [-0.39, 0.29) is 0 Å². The summed E-state index contributed by atoms with van der Waals surface area (Å²) < 4.78 is 1.26. The topological polar surface area (TPSA) is 0 Å². The maximum absolute atomic E-state index is 3.06. The summed E-state index contributed by atoms with van der Waals surface area (Å²) in [7, 11) is 0. The van der Waals surface area contributed by atoms with Crippen LogP contribution in [0.15, 0.2) is 36.4 Å². The summed E-state index contributed by atoms with van der Waals surface area (Å²) in [4.78, 5) is 0. The molecule has 0 aromatic heterocycles. The first-order valence-corrected chi connectivity index (χ1v) is 4.52. The minimum absolute atomic E-state index is 1.07. The molecule has 54 valence electrons. The number of allylic oxidation sites excluding steroid dienone is 2. The van der Waals surface area contributed by atoms with Gasteiger partial charge in [0.1, 0.15) is 0 Å². The normalized spacial score (nSPS) is 14.7. The molecule has 0 bridgehead atoms. The molecule has 2 rings (SSSR count). The Kier molecular flexibility index (Phi) is 1.77. The SMILES string of the molecule is [Se]=C1C=CCc2ccccc21. The van der Waals surface area contributed by atoms with Crippen molar-refractivity contribution in [2.45, 2.75) is 6.42 Å². The van der Waals surface area contributed by atoms with Gasteiger partial charge in [-0.2, -0.15) is 0 Å². The Labute approximate surface area is 74.3 Å². The van der Waals surface area contributed by atoms with E-state index in [1.807, 2.05) is 0 Å². The van der Waals surface area contributed by atoms with Gasteiger partial charge in [-0.1, -0.05) is 0 Å². The zero-order chi connectivity index (χ0) is 7.68. The third kappa shape index (κ3) is 1.22. The Balaban J connectivity index is 2.59. The van der Waals surface area contributed by atoms with Gasteiger partial charge in [0.25, 0.3) is 0 Å². The second-order valence-electron chi connectivity index (χ2n) is 2.63. The molecule has 0 radical (unpaired) electrons. The van der Waals surface area contributed by atoms with Gasteiger partial charge in [0, 0.05) is 0 Å². The molecule has 1 aliphatic rings. The van der Waals surface area contributed by atoms with Crippen molar-refractivity contribution in [3.63, 3.8) is 0 Å². The second-order valence-corrected chi connectivity index (χ2v) is 3.55. The molecule has 1 aromatic rings. The van der Waals surface area contributed by atoms with Crippen LogP contribution in [0.5, 0.6) is 0 Å². The third-order valence-corrected chi connectivity index (χ3v) is 2.64. The standard InChI is InChI=1S/C10H8Se/c11-10-7-3-5-8-4-1-2-6-9(8)10/h1-4,6-7H,5H2. The zero-order valence-electron chi connectivity index (χ0n) is 6.08. The maximum atomic E-state index is 3.06. The molecule has 0 fully saturated rings. The van der Waals surface area contributed by atoms with Gasteiger partial charge in [-0.3, -0.25) is 0 Å². The van der Waals surface area contributed by atoms with E-state index in [2.05, 4.69) is 52.0 Å². The summed E-state index contributed by atoms with van der Waals surface area (Å²) in [6, 6.07) is 8.50. The molecule has 0 atom stereocenters. The first kappa shape index (κ1) is 7.02. The van der Waals surface area contributed by atoms with E-state index in [4.69, 9.17) is 0 Å². The molecule has 0 nitrogen and oxygen atoms in total. The quantitative estimate of drug-likeness (QED) is 0.565. The fourth-order valence-electron chi connectivity index (χ4n) is 1.32. The first-order valence-electron chi connectivity index (χ1n) is 3.67. The van der Waals surface area contributed by atoms with Crippen LogP contribution in [0.1, 0.15) is 11.1 Å². The molecule has 0 N–H and O–H groups in total. The average Bonchev–Trinajstić information content (AvgIpc) is 2.06. The van der Waals surface area contributed by atoms with Crippen LogP contribution in [0, 0.1) is 0 Å². The van der Waals surface area contributed by atoms with Gasteiger partial charge in [0.2, 0.25) is 0 Å². The van der Waals surface area contributed by atoms with Crippen molar-refractivity contribution in [2.75, 3.05) is 0 Å². The van der Waals surface area contributed by atoms with E-state index in [1.54, 1.807) is 0 Å². The Morgan fingerprint density at radius 3 is 2.82 bits per heavy atom. The first-order chi connectivity index (χ1) is 5.38. The molecule has 1 aliphatic carbocycles.